The Hall–Kier alpha value is -2.34. The number of ether oxygens (including phenoxy) is 2. The fraction of sp³-hybridized carbons (Fsp3) is 0.412. The number of fused-ring (bicyclic) bond motifs is 1. The molecule has 1 fully saturated rings. The number of ketones is 1. The van der Waals surface area contributed by atoms with Crippen molar-refractivity contribution in [2.75, 3.05) is 33.4 Å². The third-order valence-corrected chi connectivity index (χ3v) is 4.42. The van der Waals surface area contributed by atoms with Gasteiger partial charge in [0.1, 0.15) is 5.75 Å². The maximum absolute atomic E-state index is 12.8. The van der Waals surface area contributed by atoms with E-state index in [0.717, 1.165) is 16.6 Å². The van der Waals surface area contributed by atoms with E-state index in [2.05, 4.69) is 0 Å². The number of hydrogen-bond donors (Lipinski definition) is 0. The van der Waals surface area contributed by atoms with Gasteiger partial charge in [0.25, 0.3) is 11.7 Å². The first-order chi connectivity index (χ1) is 11.0. The second-order valence-electron chi connectivity index (χ2n) is 5.64. The first-order valence-electron chi connectivity index (χ1n) is 7.59. The zero-order valence-corrected chi connectivity index (χ0v) is 13.6. The summed E-state index contributed by atoms with van der Waals surface area (Å²) in [6, 6.07) is 5.55. The Morgan fingerprint density at radius 3 is 2.57 bits per heavy atom. The molecule has 3 rings (SSSR count). The van der Waals surface area contributed by atoms with Gasteiger partial charge in [-0.25, -0.2) is 0 Å². The summed E-state index contributed by atoms with van der Waals surface area (Å²) >= 11 is 0. The number of methoxy groups -OCH3 is 1. The minimum atomic E-state index is -0.469. The van der Waals surface area contributed by atoms with Gasteiger partial charge < -0.3 is 18.9 Å². The van der Waals surface area contributed by atoms with Crippen molar-refractivity contribution in [3.63, 3.8) is 0 Å². The van der Waals surface area contributed by atoms with Crippen LogP contribution in [0.15, 0.2) is 18.2 Å². The van der Waals surface area contributed by atoms with Crippen molar-refractivity contribution >= 4 is 22.6 Å². The number of Topliss-reactive ketones (excluding diaryl/α,β-unsaturated/α-hetero) is 1. The van der Waals surface area contributed by atoms with Gasteiger partial charge in [0.15, 0.2) is 0 Å². The highest BCUT2D eigenvalue weighted by Crippen LogP contribution is 2.29. The number of hydrogen-bond acceptors (Lipinski definition) is 4. The van der Waals surface area contributed by atoms with Crippen LogP contribution in [0.3, 0.4) is 0 Å². The zero-order valence-electron chi connectivity index (χ0n) is 13.6. The second kappa shape index (κ2) is 6.04. The summed E-state index contributed by atoms with van der Waals surface area (Å²) in [6.07, 6.45) is 0. The molecular formula is C17H20N2O4. The molecule has 0 unspecified atom stereocenters. The predicted molar refractivity (Wildman–Crippen MR) is 85.9 cm³/mol. The molecule has 2 aromatic rings. The summed E-state index contributed by atoms with van der Waals surface area (Å²) in [5.41, 5.74) is 2.14. The molecule has 0 radical (unpaired) electrons. The van der Waals surface area contributed by atoms with E-state index in [1.807, 2.05) is 36.7 Å². The molecule has 1 saturated heterocycles. The van der Waals surface area contributed by atoms with Gasteiger partial charge in [0, 0.05) is 36.7 Å². The molecule has 0 N–H and O–H groups in total. The fourth-order valence-electron chi connectivity index (χ4n) is 2.98. The molecule has 0 spiro atoms. The molecule has 1 aliphatic heterocycles. The van der Waals surface area contributed by atoms with Gasteiger partial charge in [0.2, 0.25) is 0 Å². The molecule has 0 atom stereocenters. The van der Waals surface area contributed by atoms with E-state index < -0.39 is 11.7 Å². The fourth-order valence-corrected chi connectivity index (χ4v) is 2.98. The number of benzene rings is 1. The second-order valence-corrected chi connectivity index (χ2v) is 5.64. The minimum absolute atomic E-state index is 0.456. The number of aryl methyl sites for hydroxylation is 1. The zero-order chi connectivity index (χ0) is 16.6. The Labute approximate surface area is 134 Å². The van der Waals surface area contributed by atoms with Crippen LogP contribution in [0.1, 0.15) is 16.1 Å². The highest BCUT2D eigenvalue weighted by molar-refractivity contribution is 6.45. The van der Waals surface area contributed by atoms with Crippen molar-refractivity contribution in [3.8, 4) is 5.75 Å². The van der Waals surface area contributed by atoms with Crippen LogP contribution in [0.5, 0.6) is 5.75 Å². The topological polar surface area (TPSA) is 60.8 Å². The van der Waals surface area contributed by atoms with Crippen LogP contribution in [0.4, 0.5) is 0 Å². The Balaban J connectivity index is 2.05. The molecule has 0 saturated carbocycles. The number of carbonyl (C=O) groups excluding carboxylic acids is 2. The molecule has 2 heterocycles. The lowest BCUT2D eigenvalue weighted by Gasteiger charge is -2.26. The van der Waals surface area contributed by atoms with E-state index >= 15 is 0 Å². The van der Waals surface area contributed by atoms with E-state index in [0.29, 0.717) is 37.6 Å². The van der Waals surface area contributed by atoms with Crippen LogP contribution >= 0.6 is 0 Å². The number of amides is 1. The summed E-state index contributed by atoms with van der Waals surface area (Å²) in [5.74, 6) is -0.272. The van der Waals surface area contributed by atoms with E-state index in [1.54, 1.807) is 12.0 Å². The lowest BCUT2D eigenvalue weighted by molar-refractivity contribution is -0.130. The number of carbonyl (C=O) groups is 2. The van der Waals surface area contributed by atoms with Crippen LogP contribution < -0.4 is 4.74 Å². The highest BCUT2D eigenvalue weighted by Gasteiger charge is 2.29. The number of morpholine rings is 1. The first-order valence-corrected chi connectivity index (χ1v) is 7.59. The van der Waals surface area contributed by atoms with Gasteiger partial charge in [0.05, 0.1) is 25.9 Å². The van der Waals surface area contributed by atoms with Crippen molar-refractivity contribution in [2.24, 2.45) is 7.05 Å². The summed E-state index contributed by atoms with van der Waals surface area (Å²) in [7, 11) is 3.47. The molecule has 1 amide bonds. The van der Waals surface area contributed by atoms with Crippen molar-refractivity contribution in [2.45, 2.75) is 6.92 Å². The Morgan fingerprint density at radius 1 is 1.22 bits per heavy atom. The smallest absolute Gasteiger partial charge is 0.295 e. The Bertz CT molecular complexity index is 772. The van der Waals surface area contributed by atoms with Gasteiger partial charge in [-0.1, -0.05) is 0 Å². The summed E-state index contributed by atoms with van der Waals surface area (Å²) < 4.78 is 12.4. The first kappa shape index (κ1) is 15.6. The molecule has 23 heavy (non-hydrogen) atoms. The maximum atomic E-state index is 12.8. The highest BCUT2D eigenvalue weighted by atomic mass is 16.5. The summed E-state index contributed by atoms with van der Waals surface area (Å²) in [5, 5.41) is 0.746. The minimum Gasteiger partial charge on any atom is -0.497 e. The monoisotopic (exact) mass is 316 g/mol. The van der Waals surface area contributed by atoms with Crippen molar-refractivity contribution in [1.82, 2.24) is 9.47 Å². The van der Waals surface area contributed by atoms with Crippen molar-refractivity contribution in [3.05, 3.63) is 29.5 Å². The molecular weight excluding hydrogens is 296 g/mol. The molecule has 6 heteroatoms. The number of rotatable bonds is 3. The average Bonchev–Trinajstić information content (AvgIpc) is 2.84. The van der Waals surface area contributed by atoms with Crippen molar-refractivity contribution < 1.29 is 19.1 Å². The van der Waals surface area contributed by atoms with Crippen LogP contribution in [-0.4, -0.2) is 54.6 Å². The standard InChI is InChI=1S/C17H20N2O4/c1-11-15(16(20)17(21)19-6-8-23-9-7-19)13-10-12(22-3)4-5-14(13)18(11)2/h4-5,10H,6-9H2,1-3H3. The van der Waals surface area contributed by atoms with Crippen LogP contribution in [-0.2, 0) is 16.6 Å². The normalized spacial score (nSPS) is 15.0. The molecule has 1 aliphatic rings. The molecule has 1 aromatic carbocycles. The van der Waals surface area contributed by atoms with Gasteiger partial charge in [-0.05, 0) is 25.1 Å². The Kier molecular flexibility index (Phi) is 4.09. The molecule has 1 aromatic heterocycles. The largest absolute Gasteiger partial charge is 0.497 e. The van der Waals surface area contributed by atoms with Gasteiger partial charge in [-0.15, -0.1) is 0 Å². The lowest BCUT2D eigenvalue weighted by Crippen LogP contribution is -2.44. The van der Waals surface area contributed by atoms with Gasteiger partial charge in [-0.2, -0.15) is 0 Å². The molecule has 0 bridgehead atoms. The molecule has 0 aliphatic carbocycles. The predicted octanol–water partition coefficient (Wildman–Crippen LogP) is 1.54. The van der Waals surface area contributed by atoms with Crippen molar-refractivity contribution in [1.29, 1.82) is 0 Å². The van der Waals surface area contributed by atoms with E-state index in [9.17, 15) is 9.59 Å². The van der Waals surface area contributed by atoms with Crippen LogP contribution in [0.25, 0.3) is 10.9 Å². The maximum Gasteiger partial charge on any atom is 0.295 e. The molecule has 6 nitrogen and oxygen atoms in total. The number of aromatic nitrogens is 1. The summed E-state index contributed by atoms with van der Waals surface area (Å²) in [4.78, 5) is 26.9. The third kappa shape index (κ3) is 2.59. The van der Waals surface area contributed by atoms with Crippen LogP contribution in [0, 0.1) is 6.92 Å². The lowest BCUT2D eigenvalue weighted by atomic mass is 10.1. The van der Waals surface area contributed by atoms with E-state index in [-0.39, 0.29) is 0 Å². The van der Waals surface area contributed by atoms with E-state index in [4.69, 9.17) is 9.47 Å². The number of nitrogens with zero attached hydrogens (tertiary/aromatic N) is 2. The van der Waals surface area contributed by atoms with E-state index in [1.165, 1.54) is 0 Å². The van der Waals surface area contributed by atoms with Gasteiger partial charge in [-0.3, -0.25) is 9.59 Å². The van der Waals surface area contributed by atoms with Crippen LogP contribution in [0.2, 0.25) is 0 Å². The van der Waals surface area contributed by atoms with Gasteiger partial charge >= 0.3 is 0 Å². The molecule has 122 valence electrons. The Morgan fingerprint density at radius 2 is 1.91 bits per heavy atom. The SMILES string of the molecule is COc1ccc2c(c1)c(C(=O)C(=O)N1CCOCC1)c(C)n2C. The quantitative estimate of drug-likeness (QED) is 0.636. The third-order valence-electron chi connectivity index (χ3n) is 4.42. The summed E-state index contributed by atoms with van der Waals surface area (Å²) in [6.45, 7) is 3.71. The average molecular weight is 316 g/mol.